The third-order valence-electron chi connectivity index (χ3n) is 3.36. The zero-order chi connectivity index (χ0) is 15.3. The molecule has 0 aromatic rings. The van der Waals surface area contributed by atoms with Crippen LogP contribution in [0.4, 0.5) is 0 Å². The fraction of sp³-hybridized carbons (Fsp3) is 0.643. The maximum absolute atomic E-state index is 12.3. The van der Waals surface area contributed by atoms with E-state index in [2.05, 4.69) is 10.6 Å². The number of carbonyl (C=O) groups excluding carboxylic acids is 3. The van der Waals surface area contributed by atoms with Crippen LogP contribution in [0, 0.1) is 0 Å². The molecule has 112 valence electrons. The first-order valence-corrected chi connectivity index (χ1v) is 6.72. The van der Waals surface area contributed by atoms with E-state index in [0.717, 1.165) is 0 Å². The number of nitrogens with one attached hydrogen (secondary N) is 2. The Balaban J connectivity index is 2.80. The van der Waals surface area contributed by atoms with E-state index in [1.165, 1.54) is 7.11 Å². The van der Waals surface area contributed by atoms with Gasteiger partial charge in [-0.2, -0.15) is 0 Å². The molecule has 3 amide bonds. The van der Waals surface area contributed by atoms with E-state index >= 15 is 0 Å². The molecule has 1 heterocycles. The van der Waals surface area contributed by atoms with Gasteiger partial charge >= 0.3 is 0 Å². The van der Waals surface area contributed by atoms with Crippen LogP contribution in [0.15, 0.2) is 11.6 Å². The minimum absolute atomic E-state index is 0.233. The highest BCUT2D eigenvalue weighted by Gasteiger charge is 2.33. The van der Waals surface area contributed by atoms with Crippen LogP contribution in [0.3, 0.4) is 0 Å². The summed E-state index contributed by atoms with van der Waals surface area (Å²) in [6, 6.07) is -0.673. The Bertz CT molecular complexity index is 440. The Morgan fingerprint density at radius 2 is 2.15 bits per heavy atom. The fourth-order valence-electron chi connectivity index (χ4n) is 1.99. The maximum atomic E-state index is 12.3. The molecule has 2 N–H and O–H groups in total. The number of rotatable bonds is 5. The summed E-state index contributed by atoms with van der Waals surface area (Å²) in [5.41, 5.74) is -0.256. The zero-order valence-corrected chi connectivity index (χ0v) is 12.4. The van der Waals surface area contributed by atoms with Crippen molar-refractivity contribution in [2.24, 2.45) is 0 Å². The van der Waals surface area contributed by atoms with Crippen LogP contribution in [0.5, 0.6) is 0 Å². The molecule has 0 bridgehead atoms. The monoisotopic (exact) mass is 282 g/mol. The molecular weight excluding hydrogens is 260 g/mol. The minimum atomic E-state index is -0.735. The van der Waals surface area contributed by atoms with Gasteiger partial charge in [-0.1, -0.05) is 13.0 Å². The molecule has 0 saturated carbocycles. The van der Waals surface area contributed by atoms with E-state index in [-0.39, 0.29) is 18.2 Å². The number of amides is 3. The van der Waals surface area contributed by atoms with Crippen LogP contribution in [-0.2, 0) is 19.1 Å². The third kappa shape index (κ3) is 3.90. The standard InChI is InChI=1S/C14H22N2O4/c1-5-6-9(14(2,3)20-4)12(18)15-10-7-8-11(17)16-13(10)19/h6,10H,5,7-8H2,1-4H3,(H,15,18)(H,16,17,19)/b9-6-. The molecule has 1 saturated heterocycles. The van der Waals surface area contributed by atoms with Crippen molar-refractivity contribution in [2.75, 3.05) is 7.11 Å². The molecule has 0 spiro atoms. The summed E-state index contributed by atoms with van der Waals surface area (Å²) in [6.45, 7) is 5.50. The summed E-state index contributed by atoms with van der Waals surface area (Å²) < 4.78 is 5.32. The zero-order valence-electron chi connectivity index (χ0n) is 12.4. The molecule has 1 atom stereocenters. The number of hydrogen-bond acceptors (Lipinski definition) is 4. The summed E-state index contributed by atoms with van der Waals surface area (Å²) in [5, 5.41) is 4.88. The van der Waals surface area contributed by atoms with Gasteiger partial charge in [0, 0.05) is 19.1 Å². The van der Waals surface area contributed by atoms with E-state index < -0.39 is 17.6 Å². The molecule has 1 unspecified atom stereocenters. The Hall–Kier alpha value is -1.69. The maximum Gasteiger partial charge on any atom is 0.250 e. The lowest BCUT2D eigenvalue weighted by Crippen LogP contribution is -2.53. The topological polar surface area (TPSA) is 84.5 Å². The second kappa shape index (κ2) is 6.65. The molecule has 1 aliphatic heterocycles. The number of hydrogen-bond donors (Lipinski definition) is 2. The Labute approximate surface area is 118 Å². The van der Waals surface area contributed by atoms with Crippen LogP contribution < -0.4 is 10.6 Å². The normalized spacial score (nSPS) is 20.6. The Kier molecular flexibility index (Phi) is 5.44. The van der Waals surface area contributed by atoms with Crippen LogP contribution in [0.25, 0.3) is 0 Å². The number of carbonyl (C=O) groups is 3. The lowest BCUT2D eigenvalue weighted by Gasteiger charge is -2.28. The van der Waals surface area contributed by atoms with Crippen LogP contribution in [-0.4, -0.2) is 36.5 Å². The van der Waals surface area contributed by atoms with E-state index in [1.807, 2.05) is 6.92 Å². The molecule has 1 fully saturated rings. The highest BCUT2D eigenvalue weighted by molar-refractivity contribution is 6.04. The molecule has 1 rings (SSSR count). The average molecular weight is 282 g/mol. The van der Waals surface area contributed by atoms with Gasteiger partial charge in [-0.25, -0.2) is 0 Å². The number of ether oxygens (including phenoxy) is 1. The van der Waals surface area contributed by atoms with Crippen LogP contribution in [0.2, 0.25) is 0 Å². The summed E-state index contributed by atoms with van der Waals surface area (Å²) in [4.78, 5) is 35.0. The highest BCUT2D eigenvalue weighted by atomic mass is 16.5. The van der Waals surface area contributed by atoms with Gasteiger partial charge in [0.2, 0.25) is 17.7 Å². The van der Waals surface area contributed by atoms with Crippen molar-refractivity contribution in [3.05, 3.63) is 11.6 Å². The van der Waals surface area contributed by atoms with Crippen LogP contribution in [0.1, 0.15) is 40.0 Å². The first-order chi connectivity index (χ1) is 9.31. The van der Waals surface area contributed by atoms with E-state index in [0.29, 0.717) is 18.4 Å². The first-order valence-electron chi connectivity index (χ1n) is 6.72. The smallest absolute Gasteiger partial charge is 0.250 e. The fourth-order valence-corrected chi connectivity index (χ4v) is 1.99. The summed E-state index contributed by atoms with van der Waals surface area (Å²) >= 11 is 0. The molecule has 0 aromatic heterocycles. The number of piperidine rings is 1. The van der Waals surface area contributed by atoms with Gasteiger partial charge in [0.1, 0.15) is 6.04 Å². The number of allylic oxidation sites excluding steroid dienone is 1. The quantitative estimate of drug-likeness (QED) is 0.573. The van der Waals surface area contributed by atoms with Crippen molar-refractivity contribution >= 4 is 17.7 Å². The predicted octanol–water partition coefficient (Wildman–Crippen LogP) is 0.669. The highest BCUT2D eigenvalue weighted by Crippen LogP contribution is 2.21. The lowest BCUT2D eigenvalue weighted by molar-refractivity contribution is -0.137. The van der Waals surface area contributed by atoms with Gasteiger partial charge in [0.05, 0.1) is 5.60 Å². The molecular formula is C14H22N2O4. The number of methoxy groups -OCH3 is 1. The second-order valence-electron chi connectivity index (χ2n) is 5.22. The van der Waals surface area contributed by atoms with Gasteiger partial charge in [-0.3, -0.25) is 19.7 Å². The molecule has 0 radical (unpaired) electrons. The van der Waals surface area contributed by atoms with Gasteiger partial charge in [0.15, 0.2) is 0 Å². The van der Waals surface area contributed by atoms with Crippen molar-refractivity contribution in [2.45, 2.75) is 51.7 Å². The SMILES string of the molecule is CC/C=C(/C(=O)NC1CCC(=O)NC1=O)C(C)(C)OC. The molecule has 20 heavy (non-hydrogen) atoms. The van der Waals surface area contributed by atoms with E-state index in [4.69, 9.17) is 4.74 Å². The minimum Gasteiger partial charge on any atom is -0.374 e. The molecule has 6 heteroatoms. The lowest BCUT2D eigenvalue weighted by atomic mass is 9.95. The molecule has 6 nitrogen and oxygen atoms in total. The van der Waals surface area contributed by atoms with Crippen molar-refractivity contribution in [3.8, 4) is 0 Å². The van der Waals surface area contributed by atoms with Crippen molar-refractivity contribution in [1.29, 1.82) is 0 Å². The van der Waals surface area contributed by atoms with Crippen LogP contribution >= 0.6 is 0 Å². The predicted molar refractivity (Wildman–Crippen MR) is 73.8 cm³/mol. The second-order valence-corrected chi connectivity index (χ2v) is 5.22. The summed E-state index contributed by atoms with van der Waals surface area (Å²) in [7, 11) is 1.53. The average Bonchev–Trinajstić information content (AvgIpc) is 2.39. The van der Waals surface area contributed by atoms with Gasteiger partial charge in [-0.15, -0.1) is 0 Å². The molecule has 1 aliphatic rings. The molecule has 0 aromatic carbocycles. The van der Waals surface area contributed by atoms with E-state index in [9.17, 15) is 14.4 Å². The number of imide groups is 1. The Morgan fingerprint density at radius 1 is 1.50 bits per heavy atom. The van der Waals surface area contributed by atoms with Gasteiger partial charge < -0.3 is 10.1 Å². The third-order valence-corrected chi connectivity index (χ3v) is 3.36. The van der Waals surface area contributed by atoms with Crippen molar-refractivity contribution < 1.29 is 19.1 Å². The Morgan fingerprint density at radius 3 is 2.65 bits per heavy atom. The first kappa shape index (κ1) is 16.4. The summed E-state index contributed by atoms with van der Waals surface area (Å²) in [6.07, 6.45) is 3.02. The van der Waals surface area contributed by atoms with Gasteiger partial charge in [-0.05, 0) is 26.7 Å². The molecule has 0 aliphatic carbocycles. The largest absolute Gasteiger partial charge is 0.374 e. The van der Waals surface area contributed by atoms with Crippen molar-refractivity contribution in [1.82, 2.24) is 10.6 Å². The summed E-state index contributed by atoms with van der Waals surface area (Å²) in [5.74, 6) is -1.10. The van der Waals surface area contributed by atoms with Crippen molar-refractivity contribution in [3.63, 3.8) is 0 Å². The van der Waals surface area contributed by atoms with E-state index in [1.54, 1.807) is 19.9 Å². The van der Waals surface area contributed by atoms with Gasteiger partial charge in [0.25, 0.3) is 0 Å².